The fourth-order valence-electron chi connectivity index (χ4n) is 3.25. The van der Waals surface area contributed by atoms with Crippen molar-refractivity contribution in [3.63, 3.8) is 0 Å². The molecule has 0 amide bonds. The summed E-state index contributed by atoms with van der Waals surface area (Å²) in [6.07, 6.45) is 0.865. The summed E-state index contributed by atoms with van der Waals surface area (Å²) >= 11 is 0. The number of methoxy groups -OCH3 is 1. The van der Waals surface area contributed by atoms with E-state index in [1.807, 2.05) is 0 Å². The number of carbonyl (C=O) groups is 2. The predicted molar refractivity (Wildman–Crippen MR) is 108 cm³/mol. The molecule has 1 aromatic carbocycles. The highest BCUT2D eigenvalue weighted by Gasteiger charge is 2.27. The number of aromatic carboxylic acids is 2. The summed E-state index contributed by atoms with van der Waals surface area (Å²) in [6.45, 7) is 1.40. The Morgan fingerprint density at radius 3 is 2.45 bits per heavy atom. The van der Waals surface area contributed by atoms with E-state index in [1.165, 1.54) is 25.3 Å². The third-order valence-corrected chi connectivity index (χ3v) is 4.63. The largest absolute Gasteiger partial charge is 0.493 e. The maximum atomic E-state index is 12.2. The quantitative estimate of drug-likeness (QED) is 0.478. The Morgan fingerprint density at radius 1 is 1.16 bits per heavy atom. The van der Waals surface area contributed by atoms with Crippen molar-refractivity contribution in [2.24, 2.45) is 0 Å². The number of hydrogen-bond acceptors (Lipinski definition) is 8. The van der Waals surface area contributed by atoms with Crippen LogP contribution in [0.5, 0.6) is 11.5 Å². The van der Waals surface area contributed by atoms with Crippen LogP contribution in [-0.4, -0.2) is 60.4 Å². The molecule has 11 nitrogen and oxygen atoms in total. The number of nitrogen functional groups attached to an aromatic ring is 1. The summed E-state index contributed by atoms with van der Waals surface area (Å²) in [7, 11) is 1.42. The average molecular weight is 434 g/mol. The van der Waals surface area contributed by atoms with Crippen LogP contribution in [0.25, 0.3) is 11.1 Å². The van der Waals surface area contributed by atoms with Crippen molar-refractivity contribution in [3.05, 3.63) is 39.7 Å². The molecule has 0 aliphatic carbocycles. The summed E-state index contributed by atoms with van der Waals surface area (Å²) in [5, 5.41) is 19.1. The lowest BCUT2D eigenvalue weighted by atomic mass is 9.95. The number of carboxylic acid groups (broad SMARTS) is 2. The molecule has 2 aromatic rings. The van der Waals surface area contributed by atoms with Crippen molar-refractivity contribution in [1.82, 2.24) is 4.98 Å². The number of ether oxygens (including phenoxy) is 4. The summed E-state index contributed by atoms with van der Waals surface area (Å²) in [5.41, 5.74) is 3.17. The first-order valence-corrected chi connectivity index (χ1v) is 9.40. The lowest BCUT2D eigenvalue weighted by Crippen LogP contribution is -2.26. The maximum absolute atomic E-state index is 12.2. The molecule has 31 heavy (non-hydrogen) atoms. The monoisotopic (exact) mass is 434 g/mol. The topological polar surface area (TPSA) is 170 Å². The Kier molecular flexibility index (Phi) is 6.78. The van der Waals surface area contributed by atoms with Gasteiger partial charge in [-0.05, 0) is 24.1 Å². The van der Waals surface area contributed by atoms with Gasteiger partial charge in [-0.3, -0.25) is 4.79 Å². The highest BCUT2D eigenvalue weighted by Crippen LogP contribution is 2.36. The second-order valence-electron chi connectivity index (χ2n) is 6.63. The van der Waals surface area contributed by atoms with Gasteiger partial charge in [-0.25, -0.2) is 9.59 Å². The van der Waals surface area contributed by atoms with Crippen molar-refractivity contribution in [2.45, 2.75) is 19.1 Å². The van der Waals surface area contributed by atoms with E-state index < -0.39 is 40.7 Å². The molecular formula is C20H22N2O9. The van der Waals surface area contributed by atoms with Crippen LogP contribution >= 0.6 is 0 Å². The second kappa shape index (κ2) is 9.49. The zero-order valence-corrected chi connectivity index (χ0v) is 16.7. The van der Waals surface area contributed by atoms with E-state index in [0.29, 0.717) is 25.4 Å². The minimum Gasteiger partial charge on any atom is -0.493 e. The highest BCUT2D eigenvalue weighted by atomic mass is 16.7. The Morgan fingerprint density at radius 2 is 1.84 bits per heavy atom. The number of aromatic nitrogens is 1. The maximum Gasteiger partial charge on any atom is 0.342 e. The van der Waals surface area contributed by atoms with E-state index in [1.54, 1.807) is 0 Å². The number of rotatable bonds is 8. The third kappa shape index (κ3) is 4.78. The van der Waals surface area contributed by atoms with E-state index in [0.717, 1.165) is 6.42 Å². The van der Waals surface area contributed by atoms with Gasteiger partial charge in [0.05, 0.1) is 26.9 Å². The molecule has 3 rings (SSSR count). The molecule has 0 spiro atoms. The van der Waals surface area contributed by atoms with Crippen LogP contribution in [0.1, 0.15) is 33.6 Å². The van der Waals surface area contributed by atoms with E-state index in [2.05, 4.69) is 4.98 Å². The van der Waals surface area contributed by atoms with Gasteiger partial charge in [-0.1, -0.05) is 6.07 Å². The van der Waals surface area contributed by atoms with Gasteiger partial charge in [0.25, 0.3) is 5.56 Å². The van der Waals surface area contributed by atoms with Crippen molar-refractivity contribution >= 4 is 17.8 Å². The zero-order chi connectivity index (χ0) is 22.5. The number of nitrogens with two attached hydrogens (primary N) is 1. The van der Waals surface area contributed by atoms with Gasteiger partial charge >= 0.3 is 11.9 Å². The molecule has 0 unspecified atom stereocenters. The highest BCUT2D eigenvalue weighted by molar-refractivity contribution is 6.07. The van der Waals surface area contributed by atoms with Crippen LogP contribution in [0, 0.1) is 0 Å². The normalized spacial score (nSPS) is 14.2. The number of hydrogen-bond donors (Lipinski definition) is 4. The molecule has 0 bridgehead atoms. The number of anilines is 1. The van der Waals surface area contributed by atoms with Crippen LogP contribution in [0.2, 0.25) is 0 Å². The Balaban J connectivity index is 2.01. The molecule has 11 heteroatoms. The molecule has 166 valence electrons. The van der Waals surface area contributed by atoms with E-state index in [-0.39, 0.29) is 23.5 Å². The number of benzene rings is 1. The fourth-order valence-corrected chi connectivity index (χ4v) is 3.25. The van der Waals surface area contributed by atoms with Crippen molar-refractivity contribution in [3.8, 4) is 22.6 Å². The zero-order valence-electron chi connectivity index (χ0n) is 16.7. The summed E-state index contributed by atoms with van der Waals surface area (Å²) < 4.78 is 21.9. The van der Waals surface area contributed by atoms with Crippen molar-refractivity contribution in [1.29, 1.82) is 0 Å². The molecule has 1 aromatic heterocycles. The van der Waals surface area contributed by atoms with Gasteiger partial charge < -0.3 is 39.9 Å². The molecule has 1 aliphatic heterocycles. The van der Waals surface area contributed by atoms with Gasteiger partial charge in [0.15, 0.2) is 17.8 Å². The minimum atomic E-state index is -1.59. The lowest BCUT2D eigenvalue weighted by molar-refractivity contribution is -0.183. The number of pyridine rings is 1. The second-order valence-corrected chi connectivity index (χ2v) is 6.63. The lowest BCUT2D eigenvalue weighted by Gasteiger charge is -2.23. The van der Waals surface area contributed by atoms with E-state index in [4.69, 9.17) is 24.7 Å². The van der Waals surface area contributed by atoms with Crippen LogP contribution in [0.15, 0.2) is 23.0 Å². The summed E-state index contributed by atoms with van der Waals surface area (Å²) in [6, 6.07) is 4.30. The third-order valence-electron chi connectivity index (χ3n) is 4.63. The molecule has 1 aliphatic rings. The number of aromatic amines is 1. The van der Waals surface area contributed by atoms with Crippen LogP contribution in [0.4, 0.5) is 5.82 Å². The summed E-state index contributed by atoms with van der Waals surface area (Å²) in [5.74, 6) is -2.98. The van der Waals surface area contributed by atoms with Gasteiger partial charge in [-0.2, -0.15) is 0 Å². The first kappa shape index (κ1) is 22.1. The Bertz CT molecular complexity index is 1040. The van der Waals surface area contributed by atoms with E-state index >= 15 is 0 Å². The van der Waals surface area contributed by atoms with Crippen LogP contribution in [-0.2, 0) is 9.47 Å². The SMILES string of the molecule is COc1ccc(-c2c(C(=O)O)c(N)[nH]c(=O)c2C(=O)O)cc1OCCC1OCCCO1. The van der Waals surface area contributed by atoms with Gasteiger partial charge in [-0.15, -0.1) is 0 Å². The molecular weight excluding hydrogens is 412 g/mol. The molecule has 5 N–H and O–H groups in total. The van der Waals surface area contributed by atoms with Crippen molar-refractivity contribution < 1.29 is 38.7 Å². The number of nitrogens with one attached hydrogen (secondary N) is 1. The Hall–Kier alpha value is -3.57. The average Bonchev–Trinajstić information content (AvgIpc) is 2.73. The van der Waals surface area contributed by atoms with Gasteiger partial charge in [0.2, 0.25) is 0 Å². The standard InChI is InChI=1S/C20H22N2O9/c1-28-11-4-3-10(9-12(11)29-8-5-13-30-6-2-7-31-13)14-15(19(24)25)17(21)22-18(23)16(14)20(26)27/h3-4,9,13H,2,5-8H2,1H3,(H,24,25)(H,26,27)(H3,21,22,23). The van der Waals surface area contributed by atoms with Gasteiger partial charge in [0, 0.05) is 12.0 Å². The molecule has 2 heterocycles. The molecule has 1 fully saturated rings. The summed E-state index contributed by atoms with van der Waals surface area (Å²) in [4.78, 5) is 37.8. The smallest absolute Gasteiger partial charge is 0.342 e. The minimum absolute atomic E-state index is 0.119. The molecule has 0 atom stereocenters. The molecule has 0 saturated carbocycles. The molecule has 0 radical (unpaired) electrons. The molecule has 1 saturated heterocycles. The number of H-pyrrole nitrogens is 1. The number of carboxylic acids is 2. The van der Waals surface area contributed by atoms with Gasteiger partial charge in [0.1, 0.15) is 16.9 Å². The first-order chi connectivity index (χ1) is 14.8. The van der Waals surface area contributed by atoms with Crippen LogP contribution in [0.3, 0.4) is 0 Å². The van der Waals surface area contributed by atoms with Crippen LogP contribution < -0.4 is 20.8 Å². The van der Waals surface area contributed by atoms with Crippen molar-refractivity contribution in [2.75, 3.05) is 32.7 Å². The first-order valence-electron chi connectivity index (χ1n) is 9.40. The Labute approximate surface area is 176 Å². The fraction of sp³-hybridized carbons (Fsp3) is 0.350. The van der Waals surface area contributed by atoms with E-state index in [9.17, 15) is 24.6 Å². The predicted octanol–water partition coefficient (Wildman–Crippen LogP) is 1.56.